The monoisotopic (exact) mass is 292 g/mol. The quantitative estimate of drug-likeness (QED) is 0.798. The number of anilines is 1. The molecule has 2 aromatic carbocycles. The van der Waals surface area contributed by atoms with Crippen molar-refractivity contribution in [2.75, 3.05) is 12.4 Å². The Kier molecular flexibility index (Phi) is 3.74. The summed E-state index contributed by atoms with van der Waals surface area (Å²) in [7, 11) is 1.61. The highest BCUT2D eigenvalue weighted by Gasteiger charge is 2.09. The third-order valence-electron chi connectivity index (χ3n) is 3.51. The number of hydrogen-bond acceptors (Lipinski definition) is 3. The normalized spacial score (nSPS) is 10.5. The summed E-state index contributed by atoms with van der Waals surface area (Å²) in [5.41, 5.74) is 3.27. The zero-order chi connectivity index (χ0) is 15.5. The summed E-state index contributed by atoms with van der Waals surface area (Å²) < 4.78 is 5.24. The minimum absolute atomic E-state index is 0.143. The number of methoxy groups -OCH3 is 1. The number of nitrogens with zero attached hydrogens (tertiary/aromatic N) is 1. The molecule has 0 saturated carbocycles. The Morgan fingerprint density at radius 1 is 1.09 bits per heavy atom. The maximum Gasteiger partial charge on any atom is 0.255 e. The van der Waals surface area contributed by atoms with Crippen molar-refractivity contribution in [2.24, 2.45) is 0 Å². The van der Waals surface area contributed by atoms with E-state index < -0.39 is 0 Å². The number of amides is 1. The zero-order valence-corrected chi connectivity index (χ0v) is 12.5. The predicted octanol–water partition coefficient (Wildman–Crippen LogP) is 3.80. The van der Waals surface area contributed by atoms with Crippen molar-refractivity contribution in [1.82, 2.24) is 4.98 Å². The fraction of sp³-hybridized carbons (Fsp3) is 0.111. The molecule has 22 heavy (non-hydrogen) atoms. The SMILES string of the molecule is COc1ccc2nccc(NC(=O)c3ccc(C)cc3)c2c1. The number of aromatic nitrogens is 1. The molecule has 0 spiro atoms. The van der Waals surface area contributed by atoms with Gasteiger partial charge in [0.1, 0.15) is 5.75 Å². The van der Waals surface area contributed by atoms with E-state index in [9.17, 15) is 4.79 Å². The topological polar surface area (TPSA) is 51.2 Å². The van der Waals surface area contributed by atoms with Crippen LogP contribution in [0.2, 0.25) is 0 Å². The van der Waals surface area contributed by atoms with Crippen LogP contribution in [0.3, 0.4) is 0 Å². The molecular weight excluding hydrogens is 276 g/mol. The number of carbonyl (C=O) groups excluding carboxylic acids is 1. The minimum Gasteiger partial charge on any atom is -0.497 e. The van der Waals surface area contributed by atoms with Crippen LogP contribution in [-0.4, -0.2) is 18.0 Å². The average molecular weight is 292 g/mol. The first-order valence-corrected chi connectivity index (χ1v) is 6.98. The van der Waals surface area contributed by atoms with E-state index in [1.54, 1.807) is 19.4 Å². The molecule has 0 radical (unpaired) electrons. The van der Waals surface area contributed by atoms with Crippen molar-refractivity contribution in [3.05, 3.63) is 65.9 Å². The molecule has 0 aliphatic rings. The first-order valence-electron chi connectivity index (χ1n) is 6.98. The van der Waals surface area contributed by atoms with Gasteiger partial charge in [-0.15, -0.1) is 0 Å². The van der Waals surface area contributed by atoms with E-state index in [1.165, 1.54) is 0 Å². The highest BCUT2D eigenvalue weighted by Crippen LogP contribution is 2.26. The third kappa shape index (κ3) is 2.76. The maximum atomic E-state index is 12.4. The summed E-state index contributed by atoms with van der Waals surface area (Å²) >= 11 is 0. The maximum absolute atomic E-state index is 12.4. The second-order valence-corrected chi connectivity index (χ2v) is 5.06. The highest BCUT2D eigenvalue weighted by atomic mass is 16.5. The second-order valence-electron chi connectivity index (χ2n) is 5.06. The van der Waals surface area contributed by atoms with Crippen LogP contribution >= 0.6 is 0 Å². The summed E-state index contributed by atoms with van der Waals surface area (Å²) in [5, 5.41) is 3.79. The number of nitrogens with one attached hydrogen (secondary N) is 1. The number of carbonyl (C=O) groups is 1. The lowest BCUT2D eigenvalue weighted by atomic mass is 10.1. The molecule has 0 atom stereocenters. The van der Waals surface area contributed by atoms with Gasteiger partial charge in [-0.1, -0.05) is 17.7 Å². The van der Waals surface area contributed by atoms with Gasteiger partial charge >= 0.3 is 0 Å². The number of aryl methyl sites for hydroxylation is 1. The van der Waals surface area contributed by atoms with Gasteiger partial charge < -0.3 is 10.1 Å². The van der Waals surface area contributed by atoms with Crippen LogP contribution in [0.1, 0.15) is 15.9 Å². The fourth-order valence-corrected chi connectivity index (χ4v) is 2.26. The van der Waals surface area contributed by atoms with Crippen LogP contribution < -0.4 is 10.1 Å². The van der Waals surface area contributed by atoms with E-state index in [0.717, 1.165) is 27.9 Å². The van der Waals surface area contributed by atoms with E-state index in [0.29, 0.717) is 5.56 Å². The van der Waals surface area contributed by atoms with Gasteiger partial charge in [-0.25, -0.2) is 0 Å². The van der Waals surface area contributed by atoms with E-state index in [4.69, 9.17) is 4.74 Å². The Morgan fingerprint density at radius 2 is 1.86 bits per heavy atom. The van der Waals surface area contributed by atoms with Gasteiger partial charge in [-0.3, -0.25) is 9.78 Å². The summed E-state index contributed by atoms with van der Waals surface area (Å²) in [6.45, 7) is 1.99. The number of fused-ring (bicyclic) bond motifs is 1. The molecule has 4 nitrogen and oxygen atoms in total. The smallest absolute Gasteiger partial charge is 0.255 e. The molecule has 4 heteroatoms. The Morgan fingerprint density at radius 3 is 2.59 bits per heavy atom. The molecule has 3 rings (SSSR count). The van der Waals surface area contributed by atoms with E-state index in [1.807, 2.05) is 49.4 Å². The van der Waals surface area contributed by atoms with Gasteiger partial charge in [0.15, 0.2) is 0 Å². The van der Waals surface area contributed by atoms with Gasteiger partial charge in [-0.2, -0.15) is 0 Å². The van der Waals surface area contributed by atoms with Crippen LogP contribution in [0.25, 0.3) is 10.9 Å². The van der Waals surface area contributed by atoms with E-state index >= 15 is 0 Å². The van der Waals surface area contributed by atoms with E-state index in [2.05, 4.69) is 10.3 Å². The molecular formula is C18H16N2O2. The van der Waals surface area contributed by atoms with Gasteiger partial charge in [0.2, 0.25) is 0 Å². The van der Waals surface area contributed by atoms with Crippen LogP contribution in [0, 0.1) is 6.92 Å². The van der Waals surface area contributed by atoms with Crippen LogP contribution in [0.4, 0.5) is 5.69 Å². The molecule has 1 heterocycles. The van der Waals surface area contributed by atoms with Crippen molar-refractivity contribution in [1.29, 1.82) is 0 Å². The van der Waals surface area contributed by atoms with Crippen LogP contribution in [0.15, 0.2) is 54.7 Å². The molecule has 3 aromatic rings. The molecule has 0 saturated heterocycles. The lowest BCUT2D eigenvalue weighted by Gasteiger charge is -2.09. The van der Waals surface area contributed by atoms with Gasteiger partial charge in [-0.05, 0) is 43.3 Å². The van der Waals surface area contributed by atoms with Crippen molar-refractivity contribution in [3.63, 3.8) is 0 Å². The molecule has 0 unspecified atom stereocenters. The summed E-state index contributed by atoms with van der Waals surface area (Å²) in [4.78, 5) is 16.7. The Balaban J connectivity index is 1.96. The number of rotatable bonds is 3. The van der Waals surface area contributed by atoms with Crippen LogP contribution in [-0.2, 0) is 0 Å². The molecule has 1 N–H and O–H groups in total. The van der Waals surface area contributed by atoms with Gasteiger partial charge in [0, 0.05) is 17.1 Å². The molecule has 1 aromatic heterocycles. The van der Waals surface area contributed by atoms with Crippen molar-refractivity contribution in [2.45, 2.75) is 6.92 Å². The van der Waals surface area contributed by atoms with Crippen molar-refractivity contribution < 1.29 is 9.53 Å². The first kappa shape index (κ1) is 14.1. The third-order valence-corrected chi connectivity index (χ3v) is 3.51. The lowest BCUT2D eigenvalue weighted by molar-refractivity contribution is 0.102. The van der Waals surface area contributed by atoms with Gasteiger partial charge in [0.05, 0.1) is 18.3 Å². The first-order chi connectivity index (χ1) is 10.7. The van der Waals surface area contributed by atoms with Crippen molar-refractivity contribution in [3.8, 4) is 5.75 Å². The highest BCUT2D eigenvalue weighted by molar-refractivity contribution is 6.08. The summed E-state index contributed by atoms with van der Waals surface area (Å²) in [6, 6.07) is 14.8. The standard InChI is InChI=1S/C18H16N2O2/c1-12-3-5-13(6-4-12)18(21)20-17-9-10-19-16-8-7-14(22-2)11-15(16)17/h3-11H,1-2H3,(H,19,20,21). The summed E-state index contributed by atoms with van der Waals surface area (Å²) in [5.74, 6) is 0.585. The molecule has 110 valence electrons. The molecule has 1 amide bonds. The fourth-order valence-electron chi connectivity index (χ4n) is 2.26. The number of pyridine rings is 1. The van der Waals surface area contributed by atoms with Crippen LogP contribution in [0.5, 0.6) is 5.75 Å². The number of hydrogen-bond donors (Lipinski definition) is 1. The van der Waals surface area contributed by atoms with Crippen molar-refractivity contribution >= 4 is 22.5 Å². The second kappa shape index (κ2) is 5.85. The number of ether oxygens (including phenoxy) is 1. The van der Waals surface area contributed by atoms with Gasteiger partial charge in [0.25, 0.3) is 5.91 Å². The Bertz CT molecular complexity index is 826. The largest absolute Gasteiger partial charge is 0.497 e. The zero-order valence-electron chi connectivity index (χ0n) is 12.5. The predicted molar refractivity (Wildman–Crippen MR) is 87.4 cm³/mol. The Hall–Kier alpha value is -2.88. The minimum atomic E-state index is -0.143. The Labute approximate surface area is 128 Å². The van der Waals surface area contributed by atoms with E-state index in [-0.39, 0.29) is 5.91 Å². The average Bonchev–Trinajstić information content (AvgIpc) is 2.55. The number of benzene rings is 2. The summed E-state index contributed by atoms with van der Waals surface area (Å²) in [6.07, 6.45) is 1.68. The lowest BCUT2D eigenvalue weighted by Crippen LogP contribution is -2.12. The molecule has 0 aliphatic heterocycles. The molecule has 0 aliphatic carbocycles. The molecule has 0 bridgehead atoms. The molecule has 0 fully saturated rings.